The van der Waals surface area contributed by atoms with E-state index >= 15 is 0 Å². The van der Waals surface area contributed by atoms with Crippen LogP contribution in [0.2, 0.25) is 0 Å². The van der Waals surface area contributed by atoms with Crippen molar-refractivity contribution < 1.29 is 13.2 Å². The van der Waals surface area contributed by atoms with E-state index in [-0.39, 0.29) is 6.54 Å². The molecule has 0 aliphatic rings. The molecule has 0 rings (SSSR count). The molecule has 0 saturated heterocycles. The van der Waals surface area contributed by atoms with Gasteiger partial charge in [0.15, 0.2) is 0 Å². The van der Waals surface area contributed by atoms with Gasteiger partial charge < -0.3 is 10.2 Å². The second-order valence-corrected chi connectivity index (χ2v) is 3.38. The molecule has 0 aliphatic carbocycles. The predicted octanol–water partition coefficient (Wildman–Crippen LogP) is 1.87. The predicted molar refractivity (Wildman–Crippen MR) is 51.3 cm³/mol. The summed E-state index contributed by atoms with van der Waals surface area (Å²) in [5.74, 6) is 0. The third-order valence-electron chi connectivity index (χ3n) is 1.92. The van der Waals surface area contributed by atoms with Gasteiger partial charge in [0.25, 0.3) is 0 Å². The Morgan fingerprint density at radius 3 is 2.36 bits per heavy atom. The third kappa shape index (κ3) is 9.80. The van der Waals surface area contributed by atoms with Crippen LogP contribution in [0.1, 0.15) is 19.8 Å². The second kappa shape index (κ2) is 7.06. The minimum atomic E-state index is -4.03. The van der Waals surface area contributed by atoms with E-state index in [9.17, 15) is 13.2 Å². The van der Waals surface area contributed by atoms with Crippen molar-refractivity contribution in [3.63, 3.8) is 0 Å². The second-order valence-electron chi connectivity index (χ2n) is 3.38. The van der Waals surface area contributed by atoms with Gasteiger partial charge in [0.1, 0.15) is 0 Å². The van der Waals surface area contributed by atoms with E-state index in [0.717, 1.165) is 19.5 Å². The van der Waals surface area contributed by atoms with Gasteiger partial charge in [0, 0.05) is 6.54 Å². The highest BCUT2D eigenvalue weighted by Crippen LogP contribution is 2.19. The summed E-state index contributed by atoms with van der Waals surface area (Å²) >= 11 is 0. The molecule has 0 unspecified atom stereocenters. The summed E-state index contributed by atoms with van der Waals surface area (Å²) in [6.07, 6.45) is -3.86. The van der Waals surface area contributed by atoms with Crippen LogP contribution in [0.5, 0.6) is 0 Å². The molecule has 14 heavy (non-hydrogen) atoms. The standard InChI is InChI=1S/C9H19F3N2/c1-3-13-6-4-7-14(2)8-5-9(10,11)12/h13H,3-8H2,1-2H3. The van der Waals surface area contributed by atoms with Gasteiger partial charge in [-0.2, -0.15) is 13.2 Å². The summed E-state index contributed by atoms with van der Waals surface area (Å²) in [5, 5.41) is 3.13. The molecular weight excluding hydrogens is 193 g/mol. The molecule has 0 heterocycles. The van der Waals surface area contributed by atoms with E-state index in [1.165, 1.54) is 0 Å². The summed E-state index contributed by atoms with van der Waals surface area (Å²) in [7, 11) is 1.72. The smallest absolute Gasteiger partial charge is 0.317 e. The van der Waals surface area contributed by atoms with Gasteiger partial charge in [0.05, 0.1) is 6.42 Å². The van der Waals surface area contributed by atoms with Crippen molar-refractivity contribution in [2.45, 2.75) is 25.9 Å². The van der Waals surface area contributed by atoms with Gasteiger partial charge in [0.2, 0.25) is 0 Å². The zero-order valence-electron chi connectivity index (χ0n) is 8.82. The van der Waals surface area contributed by atoms with Crippen molar-refractivity contribution in [2.75, 3.05) is 33.2 Å². The zero-order valence-corrected chi connectivity index (χ0v) is 8.82. The molecule has 0 bridgehead atoms. The van der Waals surface area contributed by atoms with E-state index in [0.29, 0.717) is 6.54 Å². The van der Waals surface area contributed by atoms with Crippen molar-refractivity contribution >= 4 is 0 Å². The van der Waals surface area contributed by atoms with Gasteiger partial charge in [-0.25, -0.2) is 0 Å². The lowest BCUT2D eigenvalue weighted by Crippen LogP contribution is -2.27. The molecule has 0 fully saturated rings. The van der Waals surface area contributed by atoms with E-state index in [4.69, 9.17) is 0 Å². The van der Waals surface area contributed by atoms with Crippen molar-refractivity contribution in [2.24, 2.45) is 0 Å². The molecule has 86 valence electrons. The van der Waals surface area contributed by atoms with Crippen LogP contribution >= 0.6 is 0 Å². The maximum atomic E-state index is 11.8. The minimum absolute atomic E-state index is 0.0929. The quantitative estimate of drug-likeness (QED) is 0.648. The van der Waals surface area contributed by atoms with E-state index in [1.54, 1.807) is 11.9 Å². The van der Waals surface area contributed by atoms with Crippen LogP contribution < -0.4 is 5.32 Å². The topological polar surface area (TPSA) is 15.3 Å². The average Bonchev–Trinajstić information content (AvgIpc) is 2.08. The summed E-state index contributed by atoms with van der Waals surface area (Å²) < 4.78 is 35.5. The molecule has 0 aromatic rings. The first-order valence-corrected chi connectivity index (χ1v) is 4.91. The van der Waals surface area contributed by atoms with Crippen LogP contribution in [-0.4, -0.2) is 44.3 Å². The minimum Gasteiger partial charge on any atom is -0.317 e. The van der Waals surface area contributed by atoms with Gasteiger partial charge in [-0.05, 0) is 33.1 Å². The lowest BCUT2D eigenvalue weighted by atomic mass is 10.3. The Balaban J connectivity index is 3.32. The molecule has 5 heteroatoms. The van der Waals surface area contributed by atoms with Crippen LogP contribution in [0.3, 0.4) is 0 Å². The fourth-order valence-electron chi connectivity index (χ4n) is 1.08. The molecule has 0 saturated carbocycles. The highest BCUT2D eigenvalue weighted by Gasteiger charge is 2.26. The normalized spacial score (nSPS) is 12.4. The van der Waals surface area contributed by atoms with Crippen molar-refractivity contribution in [1.82, 2.24) is 10.2 Å². The van der Waals surface area contributed by atoms with Crippen LogP contribution in [0.4, 0.5) is 13.2 Å². The van der Waals surface area contributed by atoms with Crippen molar-refractivity contribution in [3.8, 4) is 0 Å². The fourth-order valence-corrected chi connectivity index (χ4v) is 1.08. The number of rotatable bonds is 7. The van der Waals surface area contributed by atoms with E-state index < -0.39 is 12.6 Å². The molecular formula is C9H19F3N2. The highest BCUT2D eigenvalue weighted by molar-refractivity contribution is 4.58. The summed E-state index contributed by atoms with van der Waals surface area (Å²) in [6, 6.07) is 0. The van der Waals surface area contributed by atoms with Gasteiger partial charge in [-0.3, -0.25) is 0 Å². The van der Waals surface area contributed by atoms with Crippen LogP contribution in [0.15, 0.2) is 0 Å². The van der Waals surface area contributed by atoms with Gasteiger partial charge >= 0.3 is 6.18 Å². The van der Waals surface area contributed by atoms with Crippen LogP contribution in [0.25, 0.3) is 0 Å². The number of nitrogens with one attached hydrogen (secondary N) is 1. The van der Waals surface area contributed by atoms with Gasteiger partial charge in [-0.1, -0.05) is 6.92 Å². The Labute approximate surface area is 83.5 Å². The highest BCUT2D eigenvalue weighted by atomic mass is 19.4. The Kier molecular flexibility index (Phi) is 6.92. The first-order chi connectivity index (χ1) is 6.45. The summed E-state index contributed by atoms with van der Waals surface area (Å²) in [6.45, 7) is 4.59. The Morgan fingerprint density at radius 1 is 1.21 bits per heavy atom. The largest absolute Gasteiger partial charge is 0.390 e. The Bertz CT molecular complexity index is 137. The molecule has 0 radical (unpaired) electrons. The molecule has 0 spiro atoms. The number of alkyl halides is 3. The molecule has 0 aromatic carbocycles. The van der Waals surface area contributed by atoms with E-state index in [2.05, 4.69) is 5.32 Å². The first-order valence-electron chi connectivity index (χ1n) is 4.91. The molecule has 0 aromatic heterocycles. The number of hydrogen-bond donors (Lipinski definition) is 1. The maximum absolute atomic E-state index is 11.8. The Hall–Kier alpha value is -0.290. The lowest BCUT2D eigenvalue weighted by Gasteiger charge is -2.17. The summed E-state index contributed by atoms with van der Waals surface area (Å²) in [4.78, 5) is 1.71. The van der Waals surface area contributed by atoms with Gasteiger partial charge in [-0.15, -0.1) is 0 Å². The zero-order chi connectivity index (χ0) is 11.0. The first kappa shape index (κ1) is 13.7. The molecule has 2 nitrogen and oxygen atoms in total. The van der Waals surface area contributed by atoms with Crippen molar-refractivity contribution in [3.05, 3.63) is 0 Å². The average molecular weight is 212 g/mol. The lowest BCUT2D eigenvalue weighted by molar-refractivity contribution is -0.137. The van der Waals surface area contributed by atoms with Crippen molar-refractivity contribution in [1.29, 1.82) is 0 Å². The van der Waals surface area contributed by atoms with Crippen LogP contribution in [-0.2, 0) is 0 Å². The number of nitrogens with zero attached hydrogens (tertiary/aromatic N) is 1. The van der Waals surface area contributed by atoms with Crippen LogP contribution in [0, 0.1) is 0 Å². The monoisotopic (exact) mass is 212 g/mol. The van der Waals surface area contributed by atoms with E-state index in [1.807, 2.05) is 6.92 Å². The molecule has 0 aliphatic heterocycles. The fraction of sp³-hybridized carbons (Fsp3) is 1.00. The maximum Gasteiger partial charge on any atom is 0.390 e. The number of hydrogen-bond acceptors (Lipinski definition) is 2. The Morgan fingerprint density at radius 2 is 1.86 bits per heavy atom. The summed E-state index contributed by atoms with van der Waals surface area (Å²) in [5.41, 5.74) is 0. The molecule has 0 atom stereocenters. The SMILES string of the molecule is CCNCCCN(C)CCC(F)(F)F. The number of halogens is 3. The molecule has 1 N–H and O–H groups in total. The third-order valence-corrected chi connectivity index (χ3v) is 1.92. The molecule has 0 amide bonds.